The Morgan fingerprint density at radius 3 is 2.57 bits per heavy atom. The van der Waals surface area contributed by atoms with Crippen LogP contribution in [0.2, 0.25) is 0 Å². The molecule has 1 N–H and O–H groups in total. The van der Waals surface area contributed by atoms with Gasteiger partial charge in [0.2, 0.25) is 11.8 Å². The number of halogens is 1. The van der Waals surface area contributed by atoms with E-state index in [-0.39, 0.29) is 30.2 Å². The van der Waals surface area contributed by atoms with Crippen LogP contribution in [0, 0.1) is 11.7 Å². The van der Waals surface area contributed by atoms with Crippen LogP contribution in [0.25, 0.3) is 0 Å². The SMILES string of the molecule is CCN1C(=O)CC[C@@H](C(=O)NCc2ccccc2F)[C@@H]1c1ccc(OC)cc1. The van der Waals surface area contributed by atoms with Crippen molar-refractivity contribution < 1.29 is 18.7 Å². The van der Waals surface area contributed by atoms with Crippen molar-refractivity contribution in [1.82, 2.24) is 10.2 Å². The van der Waals surface area contributed by atoms with Gasteiger partial charge < -0.3 is 15.0 Å². The highest BCUT2D eigenvalue weighted by Crippen LogP contribution is 2.37. The quantitative estimate of drug-likeness (QED) is 0.830. The summed E-state index contributed by atoms with van der Waals surface area (Å²) in [5, 5.41) is 2.85. The molecule has 2 amide bonds. The summed E-state index contributed by atoms with van der Waals surface area (Å²) in [6.07, 6.45) is 0.799. The van der Waals surface area contributed by atoms with Crippen molar-refractivity contribution in [3.63, 3.8) is 0 Å². The molecule has 2 aromatic carbocycles. The maximum absolute atomic E-state index is 13.8. The molecule has 0 radical (unpaired) electrons. The van der Waals surface area contributed by atoms with Gasteiger partial charge in [-0.1, -0.05) is 30.3 Å². The molecule has 0 aromatic heterocycles. The fraction of sp³-hybridized carbons (Fsp3) is 0.364. The third-order valence-corrected chi connectivity index (χ3v) is 5.25. The fourth-order valence-corrected chi connectivity index (χ4v) is 3.77. The highest BCUT2D eigenvalue weighted by molar-refractivity contribution is 5.85. The zero-order valence-electron chi connectivity index (χ0n) is 16.2. The number of hydrogen-bond donors (Lipinski definition) is 1. The van der Waals surface area contributed by atoms with E-state index in [1.165, 1.54) is 6.07 Å². The van der Waals surface area contributed by atoms with Crippen molar-refractivity contribution in [2.45, 2.75) is 32.4 Å². The van der Waals surface area contributed by atoms with Crippen LogP contribution in [-0.4, -0.2) is 30.4 Å². The highest BCUT2D eigenvalue weighted by Gasteiger charge is 2.39. The summed E-state index contributed by atoms with van der Waals surface area (Å²) in [5.74, 6) is -0.146. The van der Waals surface area contributed by atoms with Crippen molar-refractivity contribution >= 4 is 11.8 Å². The van der Waals surface area contributed by atoms with E-state index in [1.807, 2.05) is 31.2 Å². The van der Waals surface area contributed by atoms with Crippen LogP contribution in [-0.2, 0) is 16.1 Å². The molecule has 2 atom stereocenters. The predicted octanol–water partition coefficient (Wildman–Crippen LogP) is 3.45. The minimum atomic E-state index is -0.391. The van der Waals surface area contributed by atoms with Crippen LogP contribution in [0.4, 0.5) is 4.39 Å². The van der Waals surface area contributed by atoms with Crippen molar-refractivity contribution in [1.29, 1.82) is 0 Å². The number of piperidine rings is 1. The van der Waals surface area contributed by atoms with Crippen molar-refractivity contribution in [2.75, 3.05) is 13.7 Å². The van der Waals surface area contributed by atoms with Gasteiger partial charge in [-0.3, -0.25) is 9.59 Å². The van der Waals surface area contributed by atoms with Crippen LogP contribution in [0.5, 0.6) is 5.75 Å². The third kappa shape index (κ3) is 4.16. The zero-order chi connectivity index (χ0) is 20.1. The van der Waals surface area contributed by atoms with Gasteiger partial charge in [0, 0.05) is 25.1 Å². The van der Waals surface area contributed by atoms with Crippen molar-refractivity contribution in [3.8, 4) is 5.75 Å². The molecule has 5 nitrogen and oxygen atoms in total. The molecule has 0 aliphatic carbocycles. The average Bonchev–Trinajstić information content (AvgIpc) is 2.72. The number of carbonyl (C=O) groups excluding carboxylic acids is 2. The molecule has 1 aliphatic heterocycles. The number of nitrogens with one attached hydrogen (secondary N) is 1. The lowest BCUT2D eigenvalue weighted by Crippen LogP contribution is -2.47. The van der Waals surface area contributed by atoms with Gasteiger partial charge >= 0.3 is 0 Å². The van der Waals surface area contributed by atoms with E-state index in [9.17, 15) is 14.0 Å². The number of methoxy groups -OCH3 is 1. The lowest BCUT2D eigenvalue weighted by molar-refractivity contribution is -0.143. The van der Waals surface area contributed by atoms with Gasteiger partial charge in [0.15, 0.2) is 0 Å². The van der Waals surface area contributed by atoms with Gasteiger partial charge in [0.1, 0.15) is 11.6 Å². The van der Waals surface area contributed by atoms with Gasteiger partial charge in [-0.15, -0.1) is 0 Å². The number of carbonyl (C=O) groups is 2. The molecule has 0 bridgehead atoms. The Morgan fingerprint density at radius 1 is 1.21 bits per heavy atom. The van der Waals surface area contributed by atoms with Gasteiger partial charge in [-0.2, -0.15) is 0 Å². The molecule has 1 saturated heterocycles. The normalized spacial score (nSPS) is 19.4. The molecule has 148 valence electrons. The van der Waals surface area contributed by atoms with Crippen LogP contribution in [0.15, 0.2) is 48.5 Å². The van der Waals surface area contributed by atoms with Crippen molar-refractivity contribution in [3.05, 3.63) is 65.5 Å². The molecule has 1 aliphatic rings. The minimum absolute atomic E-state index is 0.0430. The van der Waals surface area contributed by atoms with Crippen LogP contribution in [0.1, 0.15) is 36.9 Å². The summed E-state index contributed by atoms with van der Waals surface area (Å²) in [7, 11) is 1.59. The molecule has 28 heavy (non-hydrogen) atoms. The van der Waals surface area contributed by atoms with Crippen LogP contribution >= 0.6 is 0 Å². The summed E-state index contributed by atoms with van der Waals surface area (Å²) < 4.78 is 19.1. The van der Waals surface area contributed by atoms with Crippen molar-refractivity contribution in [2.24, 2.45) is 5.92 Å². The summed E-state index contributed by atoms with van der Waals surface area (Å²) >= 11 is 0. The largest absolute Gasteiger partial charge is 0.497 e. The van der Waals surface area contributed by atoms with E-state index in [2.05, 4.69) is 5.32 Å². The van der Waals surface area contributed by atoms with E-state index in [0.29, 0.717) is 24.9 Å². The number of nitrogens with zero attached hydrogens (tertiary/aromatic N) is 1. The number of likely N-dealkylation sites (tertiary alicyclic amines) is 1. The molecule has 1 fully saturated rings. The van der Waals surface area contributed by atoms with E-state index >= 15 is 0 Å². The Balaban J connectivity index is 1.82. The molecule has 0 saturated carbocycles. The van der Waals surface area contributed by atoms with Crippen LogP contribution in [0.3, 0.4) is 0 Å². The number of hydrogen-bond acceptors (Lipinski definition) is 3. The second-order valence-electron chi connectivity index (χ2n) is 6.85. The Bertz CT molecular complexity index is 838. The first-order chi connectivity index (χ1) is 13.5. The number of rotatable bonds is 6. The molecule has 3 rings (SSSR count). The smallest absolute Gasteiger partial charge is 0.225 e. The molecular weight excluding hydrogens is 359 g/mol. The summed E-state index contributed by atoms with van der Waals surface area (Å²) in [4.78, 5) is 27.2. The molecule has 2 aromatic rings. The maximum Gasteiger partial charge on any atom is 0.225 e. The average molecular weight is 384 g/mol. The fourth-order valence-electron chi connectivity index (χ4n) is 3.77. The second-order valence-corrected chi connectivity index (χ2v) is 6.85. The Labute approximate surface area is 164 Å². The van der Waals surface area contributed by atoms with E-state index in [1.54, 1.807) is 30.2 Å². The first kappa shape index (κ1) is 19.9. The first-order valence-electron chi connectivity index (χ1n) is 9.49. The van der Waals surface area contributed by atoms with E-state index in [4.69, 9.17) is 4.74 Å². The predicted molar refractivity (Wildman–Crippen MR) is 104 cm³/mol. The second kappa shape index (κ2) is 8.87. The molecular formula is C22H25FN2O3. The standard InChI is InChI=1S/C22H25FN2O3/c1-3-25-20(26)13-12-18(21(25)15-8-10-17(28-2)11-9-15)22(27)24-14-16-6-4-5-7-19(16)23/h4-11,18,21H,3,12-14H2,1-2H3,(H,24,27)/t18-,21+/m1/s1. The number of ether oxygens (including phenoxy) is 1. The van der Waals surface area contributed by atoms with Crippen LogP contribution < -0.4 is 10.1 Å². The van der Waals surface area contributed by atoms with Gasteiger partial charge in [-0.25, -0.2) is 4.39 Å². The molecule has 0 unspecified atom stereocenters. The first-order valence-corrected chi connectivity index (χ1v) is 9.49. The maximum atomic E-state index is 13.8. The topological polar surface area (TPSA) is 58.6 Å². The Hall–Kier alpha value is -2.89. The van der Waals surface area contributed by atoms with E-state index < -0.39 is 5.92 Å². The van der Waals surface area contributed by atoms with Gasteiger partial charge in [-0.05, 0) is 37.1 Å². The summed E-state index contributed by atoms with van der Waals surface area (Å²) in [6, 6.07) is 13.5. The minimum Gasteiger partial charge on any atom is -0.497 e. The monoisotopic (exact) mass is 384 g/mol. The summed E-state index contributed by atoms with van der Waals surface area (Å²) in [6.45, 7) is 2.55. The lowest BCUT2D eigenvalue weighted by atomic mass is 9.83. The van der Waals surface area contributed by atoms with Gasteiger partial charge in [0.25, 0.3) is 0 Å². The zero-order valence-corrected chi connectivity index (χ0v) is 16.2. The van der Waals surface area contributed by atoms with E-state index in [0.717, 1.165) is 11.3 Å². The Kier molecular flexibility index (Phi) is 6.29. The van der Waals surface area contributed by atoms with Gasteiger partial charge in [0.05, 0.1) is 19.1 Å². The lowest BCUT2D eigenvalue weighted by Gasteiger charge is -2.40. The molecule has 1 heterocycles. The third-order valence-electron chi connectivity index (χ3n) is 5.25. The molecule has 6 heteroatoms. The highest BCUT2D eigenvalue weighted by atomic mass is 19.1. The summed E-state index contributed by atoms with van der Waals surface area (Å²) in [5.41, 5.74) is 1.33. The Morgan fingerprint density at radius 2 is 1.93 bits per heavy atom. The molecule has 0 spiro atoms. The number of benzene rings is 2. The number of amides is 2.